The molecule has 5 heteroatoms. The number of hydrogen-bond donors (Lipinski definition) is 0. The van der Waals surface area contributed by atoms with Gasteiger partial charge in [-0.3, -0.25) is 4.79 Å². The summed E-state index contributed by atoms with van der Waals surface area (Å²) in [5.41, 5.74) is -0.162. The molecule has 1 atom stereocenters. The van der Waals surface area contributed by atoms with E-state index in [4.69, 9.17) is 4.74 Å². The van der Waals surface area contributed by atoms with Gasteiger partial charge in [-0.25, -0.2) is 0 Å². The van der Waals surface area contributed by atoms with Crippen molar-refractivity contribution in [3.8, 4) is 0 Å². The van der Waals surface area contributed by atoms with Gasteiger partial charge in [-0.05, 0) is 24.5 Å². The van der Waals surface area contributed by atoms with Gasteiger partial charge in [0.15, 0.2) is 0 Å². The van der Waals surface area contributed by atoms with Crippen LogP contribution in [0.5, 0.6) is 0 Å². The van der Waals surface area contributed by atoms with E-state index in [1.807, 2.05) is 0 Å². The summed E-state index contributed by atoms with van der Waals surface area (Å²) in [7, 11) is 0. The Morgan fingerprint density at radius 2 is 2.12 bits per heavy atom. The zero-order chi connectivity index (χ0) is 12.5. The first-order valence-electron chi connectivity index (χ1n) is 5.29. The Hall–Kier alpha value is -1.52. The molecule has 2 rings (SSSR count). The lowest BCUT2D eigenvalue weighted by molar-refractivity contribution is -0.141. The summed E-state index contributed by atoms with van der Waals surface area (Å²) in [5.74, 6) is -0.624. The van der Waals surface area contributed by atoms with Gasteiger partial charge in [-0.15, -0.1) is 0 Å². The predicted octanol–water partition coefficient (Wildman–Crippen LogP) is 2.81. The summed E-state index contributed by atoms with van der Waals surface area (Å²) in [6.07, 6.45) is -3.45. The number of carbonyl (C=O) groups is 1. The maximum atomic E-state index is 12.5. The highest BCUT2D eigenvalue weighted by Crippen LogP contribution is 2.30. The van der Waals surface area contributed by atoms with Gasteiger partial charge in [0.1, 0.15) is 0 Å². The molecule has 1 aliphatic heterocycles. The first-order chi connectivity index (χ1) is 7.97. The SMILES string of the molecule is O=C1OCCC1Cc1cccc(C(F)(F)F)c1. The van der Waals surface area contributed by atoms with Gasteiger partial charge in [0.05, 0.1) is 18.1 Å². The highest BCUT2D eigenvalue weighted by atomic mass is 19.4. The van der Waals surface area contributed by atoms with Crippen LogP contribution in [0.2, 0.25) is 0 Å². The molecular formula is C12H11F3O2. The number of ether oxygens (including phenoxy) is 1. The molecule has 1 aromatic carbocycles. The number of cyclic esters (lactones) is 1. The van der Waals surface area contributed by atoms with Crippen molar-refractivity contribution in [2.45, 2.75) is 19.0 Å². The van der Waals surface area contributed by atoms with Crippen molar-refractivity contribution in [2.24, 2.45) is 5.92 Å². The number of alkyl halides is 3. The molecule has 0 bridgehead atoms. The third-order valence-corrected chi connectivity index (χ3v) is 2.78. The predicted molar refractivity (Wildman–Crippen MR) is 54.2 cm³/mol. The lowest BCUT2D eigenvalue weighted by Crippen LogP contribution is -2.12. The molecule has 0 aliphatic carbocycles. The van der Waals surface area contributed by atoms with Gasteiger partial charge in [0, 0.05) is 0 Å². The fourth-order valence-corrected chi connectivity index (χ4v) is 1.88. The molecule has 0 radical (unpaired) electrons. The molecule has 0 amide bonds. The second kappa shape index (κ2) is 4.39. The highest BCUT2D eigenvalue weighted by Gasteiger charge is 2.31. The van der Waals surface area contributed by atoms with Crippen LogP contribution in [0, 0.1) is 5.92 Å². The van der Waals surface area contributed by atoms with E-state index in [-0.39, 0.29) is 11.9 Å². The van der Waals surface area contributed by atoms with Crippen LogP contribution in [0.3, 0.4) is 0 Å². The third-order valence-electron chi connectivity index (χ3n) is 2.78. The zero-order valence-corrected chi connectivity index (χ0v) is 8.96. The second-order valence-corrected chi connectivity index (χ2v) is 4.06. The summed E-state index contributed by atoms with van der Waals surface area (Å²) >= 11 is 0. The van der Waals surface area contributed by atoms with Crippen LogP contribution in [0.1, 0.15) is 17.5 Å². The van der Waals surface area contributed by atoms with Crippen molar-refractivity contribution in [3.63, 3.8) is 0 Å². The molecule has 1 unspecified atom stereocenters. The molecule has 2 nitrogen and oxygen atoms in total. The zero-order valence-electron chi connectivity index (χ0n) is 8.96. The van der Waals surface area contributed by atoms with Crippen LogP contribution in [-0.4, -0.2) is 12.6 Å². The average Bonchev–Trinajstić information content (AvgIpc) is 2.64. The van der Waals surface area contributed by atoms with E-state index in [9.17, 15) is 18.0 Å². The Morgan fingerprint density at radius 3 is 2.71 bits per heavy atom. The minimum absolute atomic E-state index is 0.307. The lowest BCUT2D eigenvalue weighted by atomic mass is 9.97. The lowest BCUT2D eigenvalue weighted by Gasteiger charge is -2.10. The first kappa shape index (κ1) is 12.0. The summed E-state index contributed by atoms with van der Waals surface area (Å²) < 4.78 is 42.2. The molecule has 1 aromatic rings. The Morgan fingerprint density at radius 1 is 1.35 bits per heavy atom. The van der Waals surface area contributed by atoms with Crippen molar-refractivity contribution in [1.82, 2.24) is 0 Å². The minimum Gasteiger partial charge on any atom is -0.465 e. The number of rotatable bonds is 2. The summed E-state index contributed by atoms with van der Waals surface area (Å²) in [4.78, 5) is 11.2. The number of esters is 1. The molecule has 92 valence electrons. The van der Waals surface area contributed by atoms with Gasteiger partial charge in [-0.2, -0.15) is 13.2 Å². The maximum absolute atomic E-state index is 12.5. The first-order valence-corrected chi connectivity index (χ1v) is 5.29. The Labute approximate surface area is 96.4 Å². The molecule has 1 fully saturated rings. The molecule has 0 aromatic heterocycles. The van der Waals surface area contributed by atoms with E-state index in [2.05, 4.69) is 0 Å². The van der Waals surface area contributed by atoms with Crippen molar-refractivity contribution < 1.29 is 22.7 Å². The molecule has 1 aliphatic rings. The molecule has 0 spiro atoms. The normalized spacial score (nSPS) is 20.4. The van der Waals surface area contributed by atoms with Crippen molar-refractivity contribution in [2.75, 3.05) is 6.61 Å². The van der Waals surface area contributed by atoms with E-state index in [1.54, 1.807) is 6.07 Å². The molecule has 1 saturated heterocycles. The minimum atomic E-state index is -4.34. The van der Waals surface area contributed by atoms with Gasteiger partial charge >= 0.3 is 12.1 Å². The summed E-state index contributed by atoms with van der Waals surface area (Å²) in [6, 6.07) is 5.07. The van der Waals surface area contributed by atoms with Gasteiger partial charge in [0.25, 0.3) is 0 Å². The van der Waals surface area contributed by atoms with Crippen LogP contribution in [0.4, 0.5) is 13.2 Å². The maximum Gasteiger partial charge on any atom is 0.416 e. The Kier molecular flexibility index (Phi) is 3.09. The third kappa shape index (κ3) is 2.78. The molecule has 0 saturated carbocycles. The van der Waals surface area contributed by atoms with Gasteiger partial charge in [-0.1, -0.05) is 18.2 Å². The van der Waals surface area contributed by atoms with E-state index in [1.165, 1.54) is 6.07 Å². The number of hydrogen-bond acceptors (Lipinski definition) is 2. The largest absolute Gasteiger partial charge is 0.465 e. The number of benzene rings is 1. The highest BCUT2D eigenvalue weighted by molar-refractivity contribution is 5.74. The topological polar surface area (TPSA) is 26.3 Å². The molecular weight excluding hydrogens is 233 g/mol. The van der Waals surface area contributed by atoms with E-state index in [0.717, 1.165) is 12.1 Å². The summed E-state index contributed by atoms with van der Waals surface area (Å²) in [5, 5.41) is 0. The molecule has 0 N–H and O–H groups in total. The van der Waals surface area contributed by atoms with Crippen LogP contribution in [0.15, 0.2) is 24.3 Å². The monoisotopic (exact) mass is 244 g/mol. The smallest absolute Gasteiger partial charge is 0.416 e. The van der Waals surface area contributed by atoms with Crippen LogP contribution < -0.4 is 0 Å². The van der Waals surface area contributed by atoms with Crippen molar-refractivity contribution in [1.29, 1.82) is 0 Å². The van der Waals surface area contributed by atoms with E-state index >= 15 is 0 Å². The average molecular weight is 244 g/mol. The van der Waals surface area contributed by atoms with Crippen molar-refractivity contribution in [3.05, 3.63) is 35.4 Å². The Bertz CT molecular complexity index is 426. The standard InChI is InChI=1S/C12H11F3O2/c13-12(14,15)10-3-1-2-8(7-10)6-9-4-5-17-11(9)16/h1-3,7,9H,4-6H2. The van der Waals surface area contributed by atoms with Crippen LogP contribution in [-0.2, 0) is 22.1 Å². The quantitative estimate of drug-likeness (QED) is 0.748. The number of halogens is 3. The van der Waals surface area contributed by atoms with Crippen LogP contribution in [0.25, 0.3) is 0 Å². The van der Waals surface area contributed by atoms with Gasteiger partial charge < -0.3 is 4.74 Å². The van der Waals surface area contributed by atoms with Gasteiger partial charge in [0.2, 0.25) is 0 Å². The number of carbonyl (C=O) groups excluding carboxylic acids is 1. The summed E-state index contributed by atoms with van der Waals surface area (Å²) in [6.45, 7) is 0.364. The molecule has 1 heterocycles. The second-order valence-electron chi connectivity index (χ2n) is 4.06. The van der Waals surface area contributed by atoms with Crippen molar-refractivity contribution >= 4 is 5.97 Å². The van der Waals surface area contributed by atoms with E-state index in [0.29, 0.717) is 25.0 Å². The molecule has 17 heavy (non-hydrogen) atoms. The fourth-order valence-electron chi connectivity index (χ4n) is 1.88. The Balaban J connectivity index is 2.14. The fraction of sp³-hybridized carbons (Fsp3) is 0.417. The van der Waals surface area contributed by atoms with Crippen LogP contribution >= 0.6 is 0 Å². The van der Waals surface area contributed by atoms with E-state index < -0.39 is 11.7 Å².